The zero-order chi connectivity index (χ0) is 11.4. The van der Waals surface area contributed by atoms with Crippen molar-refractivity contribution in [2.45, 2.75) is 19.3 Å². The van der Waals surface area contributed by atoms with Crippen molar-refractivity contribution < 1.29 is 4.74 Å². The third kappa shape index (κ3) is 2.82. The average molecular weight is 223 g/mol. The predicted molar refractivity (Wildman–Crippen MR) is 61.5 cm³/mol. The first kappa shape index (κ1) is 11.1. The van der Waals surface area contributed by atoms with Crippen molar-refractivity contribution >= 4 is 5.82 Å². The second kappa shape index (κ2) is 4.65. The summed E-state index contributed by atoms with van der Waals surface area (Å²) in [4.78, 5) is 17.6. The van der Waals surface area contributed by atoms with E-state index in [1.807, 2.05) is 0 Å². The van der Waals surface area contributed by atoms with Crippen molar-refractivity contribution in [3.8, 4) is 0 Å². The Bertz CT molecular complexity index is 398. The van der Waals surface area contributed by atoms with Gasteiger partial charge in [0.15, 0.2) is 0 Å². The Morgan fingerprint density at radius 3 is 3.06 bits per heavy atom. The van der Waals surface area contributed by atoms with Crippen LogP contribution in [-0.4, -0.2) is 30.2 Å². The zero-order valence-electron chi connectivity index (χ0n) is 9.45. The fraction of sp³-hybridized carbons (Fsp3) is 0.636. The van der Waals surface area contributed by atoms with Crippen molar-refractivity contribution in [2.75, 3.05) is 25.6 Å². The third-order valence-electron chi connectivity index (χ3n) is 3.12. The van der Waals surface area contributed by atoms with Crippen LogP contribution in [0.3, 0.4) is 0 Å². The van der Waals surface area contributed by atoms with Crippen LogP contribution in [0.4, 0.5) is 5.82 Å². The molecule has 1 aliphatic carbocycles. The number of hydrogen-bond acceptors (Lipinski definition) is 4. The molecule has 5 nitrogen and oxygen atoms in total. The number of aromatic nitrogens is 2. The minimum absolute atomic E-state index is 0.126. The molecule has 0 bridgehead atoms. The molecule has 16 heavy (non-hydrogen) atoms. The highest BCUT2D eigenvalue weighted by atomic mass is 16.5. The molecule has 2 N–H and O–H groups in total. The van der Waals surface area contributed by atoms with Crippen LogP contribution in [0.5, 0.6) is 0 Å². The maximum Gasteiger partial charge on any atom is 0.252 e. The molecule has 1 aromatic rings. The van der Waals surface area contributed by atoms with Crippen LogP contribution in [0.1, 0.15) is 19.3 Å². The van der Waals surface area contributed by atoms with Crippen LogP contribution in [0, 0.1) is 5.41 Å². The molecule has 0 radical (unpaired) electrons. The summed E-state index contributed by atoms with van der Waals surface area (Å²) in [6, 6.07) is 1.48. The molecule has 0 amide bonds. The van der Waals surface area contributed by atoms with Gasteiger partial charge in [0.1, 0.15) is 5.82 Å². The molecule has 5 heteroatoms. The van der Waals surface area contributed by atoms with Crippen molar-refractivity contribution in [3.05, 3.63) is 22.7 Å². The van der Waals surface area contributed by atoms with E-state index in [1.165, 1.54) is 25.2 Å². The Morgan fingerprint density at radius 1 is 1.62 bits per heavy atom. The lowest BCUT2D eigenvalue weighted by molar-refractivity contribution is 0.175. The van der Waals surface area contributed by atoms with Gasteiger partial charge in [-0.3, -0.25) is 4.79 Å². The van der Waals surface area contributed by atoms with E-state index in [0.29, 0.717) is 11.2 Å². The van der Waals surface area contributed by atoms with E-state index >= 15 is 0 Å². The highest BCUT2D eigenvalue weighted by Crippen LogP contribution is 2.48. The number of H-pyrrole nitrogens is 1. The molecule has 0 saturated heterocycles. The smallest absolute Gasteiger partial charge is 0.252 e. The number of methoxy groups -OCH3 is 1. The maximum atomic E-state index is 11.0. The van der Waals surface area contributed by atoms with Crippen molar-refractivity contribution in [1.82, 2.24) is 9.97 Å². The molecule has 0 atom stereocenters. The summed E-state index contributed by atoms with van der Waals surface area (Å²) in [5, 5.41) is 3.21. The largest absolute Gasteiger partial charge is 0.385 e. The van der Waals surface area contributed by atoms with Gasteiger partial charge in [-0.2, -0.15) is 0 Å². The molecule has 1 saturated carbocycles. The number of anilines is 1. The third-order valence-corrected chi connectivity index (χ3v) is 3.12. The molecule has 1 heterocycles. The fourth-order valence-corrected chi connectivity index (χ4v) is 1.75. The molecule has 1 aromatic heterocycles. The van der Waals surface area contributed by atoms with E-state index in [2.05, 4.69) is 15.3 Å². The van der Waals surface area contributed by atoms with Crippen LogP contribution in [0.15, 0.2) is 17.2 Å². The second-order valence-electron chi connectivity index (χ2n) is 4.39. The van der Waals surface area contributed by atoms with Crippen LogP contribution in [0.2, 0.25) is 0 Å². The fourth-order valence-electron chi connectivity index (χ4n) is 1.75. The zero-order valence-corrected chi connectivity index (χ0v) is 9.45. The van der Waals surface area contributed by atoms with Crippen LogP contribution >= 0.6 is 0 Å². The van der Waals surface area contributed by atoms with E-state index in [-0.39, 0.29) is 5.56 Å². The normalized spacial score (nSPS) is 17.1. The van der Waals surface area contributed by atoms with E-state index in [4.69, 9.17) is 4.74 Å². The number of nitrogens with zero attached hydrogens (tertiary/aromatic N) is 1. The quantitative estimate of drug-likeness (QED) is 0.755. The minimum Gasteiger partial charge on any atom is -0.385 e. The average Bonchev–Trinajstić information content (AvgIpc) is 3.05. The molecule has 2 rings (SSSR count). The summed E-state index contributed by atoms with van der Waals surface area (Å²) in [6.07, 6.45) is 4.94. The van der Waals surface area contributed by atoms with Crippen LogP contribution < -0.4 is 10.9 Å². The number of ether oxygens (including phenoxy) is 1. The van der Waals surface area contributed by atoms with Gasteiger partial charge in [-0.25, -0.2) is 4.98 Å². The molecular formula is C11H17N3O2. The van der Waals surface area contributed by atoms with Crippen LogP contribution in [0.25, 0.3) is 0 Å². The Morgan fingerprint density at radius 2 is 2.44 bits per heavy atom. The summed E-state index contributed by atoms with van der Waals surface area (Å²) >= 11 is 0. The summed E-state index contributed by atoms with van der Waals surface area (Å²) in [6.45, 7) is 1.66. The van der Waals surface area contributed by atoms with E-state index in [9.17, 15) is 4.79 Å². The number of rotatable bonds is 6. The second-order valence-corrected chi connectivity index (χ2v) is 4.39. The summed E-state index contributed by atoms with van der Waals surface area (Å²) in [5.74, 6) is 0.646. The summed E-state index contributed by atoms with van der Waals surface area (Å²) in [7, 11) is 1.72. The van der Waals surface area contributed by atoms with Gasteiger partial charge in [0, 0.05) is 26.3 Å². The lowest BCUT2D eigenvalue weighted by atomic mass is 10.0. The van der Waals surface area contributed by atoms with Gasteiger partial charge in [-0.05, 0) is 24.7 Å². The highest BCUT2D eigenvalue weighted by molar-refractivity contribution is 5.32. The Kier molecular flexibility index (Phi) is 3.24. The number of nitrogens with one attached hydrogen (secondary N) is 2. The summed E-state index contributed by atoms with van der Waals surface area (Å²) < 4.78 is 5.09. The van der Waals surface area contributed by atoms with Gasteiger partial charge in [0.05, 0.1) is 6.33 Å². The SMILES string of the molecule is COCCC1(CNc2cc(=O)[nH]cn2)CC1. The molecule has 1 aliphatic rings. The monoisotopic (exact) mass is 223 g/mol. The van der Waals surface area contributed by atoms with Crippen molar-refractivity contribution in [2.24, 2.45) is 5.41 Å². The number of aromatic amines is 1. The number of hydrogen-bond donors (Lipinski definition) is 2. The van der Waals surface area contributed by atoms with Gasteiger partial charge < -0.3 is 15.0 Å². The topological polar surface area (TPSA) is 67.0 Å². The van der Waals surface area contributed by atoms with Gasteiger partial charge in [-0.1, -0.05) is 0 Å². The van der Waals surface area contributed by atoms with Crippen molar-refractivity contribution in [3.63, 3.8) is 0 Å². The first-order chi connectivity index (χ1) is 7.74. The molecule has 1 fully saturated rings. The molecule has 0 aliphatic heterocycles. The Balaban J connectivity index is 1.85. The molecule has 88 valence electrons. The molecule has 0 spiro atoms. The van der Waals surface area contributed by atoms with E-state index in [0.717, 1.165) is 19.6 Å². The molecule has 0 aromatic carbocycles. The lowest BCUT2D eigenvalue weighted by Crippen LogP contribution is -2.19. The van der Waals surface area contributed by atoms with E-state index in [1.54, 1.807) is 7.11 Å². The Hall–Kier alpha value is -1.36. The van der Waals surface area contributed by atoms with Crippen molar-refractivity contribution in [1.29, 1.82) is 0 Å². The van der Waals surface area contributed by atoms with Gasteiger partial charge in [-0.15, -0.1) is 0 Å². The van der Waals surface area contributed by atoms with Gasteiger partial charge in [0.2, 0.25) is 0 Å². The molecular weight excluding hydrogens is 206 g/mol. The molecule has 0 unspecified atom stereocenters. The highest BCUT2D eigenvalue weighted by Gasteiger charge is 2.41. The van der Waals surface area contributed by atoms with Gasteiger partial charge >= 0.3 is 0 Å². The first-order valence-electron chi connectivity index (χ1n) is 5.52. The first-order valence-corrected chi connectivity index (χ1v) is 5.52. The summed E-state index contributed by atoms with van der Waals surface area (Å²) in [5.41, 5.74) is 0.236. The standard InChI is InChI=1S/C11H17N3O2/c1-16-5-4-11(2-3-11)7-12-9-6-10(15)14-8-13-9/h6,8H,2-5,7H2,1H3,(H2,12,13,14,15). The van der Waals surface area contributed by atoms with Crippen LogP contribution in [-0.2, 0) is 4.74 Å². The van der Waals surface area contributed by atoms with E-state index < -0.39 is 0 Å². The lowest BCUT2D eigenvalue weighted by Gasteiger charge is -2.15. The van der Waals surface area contributed by atoms with Gasteiger partial charge in [0.25, 0.3) is 5.56 Å². The predicted octanol–water partition coefficient (Wildman–Crippen LogP) is 0.998. The maximum absolute atomic E-state index is 11.0. The Labute approximate surface area is 94.2 Å². The minimum atomic E-state index is -0.126.